The first-order valence-electron chi connectivity index (χ1n) is 5.02. The molecule has 2 rings (SSSR count). The van der Waals surface area contributed by atoms with Crippen LogP contribution in [0.2, 0.25) is 5.02 Å². The van der Waals surface area contributed by atoms with E-state index < -0.39 is 17.6 Å². The maximum atomic E-state index is 12.9. The number of hydrogen-bond acceptors (Lipinski definition) is 2. The molecule has 19 heavy (non-hydrogen) atoms. The fraction of sp³-hybridized carbons (Fsp3) is 0.0833. The van der Waals surface area contributed by atoms with Crippen LogP contribution in [0.3, 0.4) is 0 Å². The molecule has 0 N–H and O–H groups in total. The lowest BCUT2D eigenvalue weighted by molar-refractivity contribution is -0.137. The van der Waals surface area contributed by atoms with Crippen LogP contribution in [0, 0.1) is 5.82 Å². The zero-order valence-corrected chi connectivity index (χ0v) is 9.97. The number of alkyl halides is 3. The molecule has 0 unspecified atom stereocenters. The van der Waals surface area contributed by atoms with E-state index in [0.717, 1.165) is 18.2 Å². The van der Waals surface area contributed by atoms with Crippen molar-refractivity contribution in [3.05, 3.63) is 52.9 Å². The molecule has 0 radical (unpaired) electrons. The third-order valence-corrected chi connectivity index (χ3v) is 2.47. The summed E-state index contributed by atoms with van der Waals surface area (Å²) in [6.45, 7) is 0. The second kappa shape index (κ2) is 5.05. The number of nitrogens with zero attached hydrogens (tertiary/aromatic N) is 1. The van der Waals surface area contributed by atoms with E-state index in [0.29, 0.717) is 6.20 Å². The van der Waals surface area contributed by atoms with Gasteiger partial charge in [0.25, 0.3) is 0 Å². The molecule has 0 saturated carbocycles. The van der Waals surface area contributed by atoms with Gasteiger partial charge in [0.2, 0.25) is 5.88 Å². The smallest absolute Gasteiger partial charge is 0.417 e. The summed E-state index contributed by atoms with van der Waals surface area (Å²) in [5, 5.41) is -0.149. The third-order valence-electron chi connectivity index (χ3n) is 2.18. The van der Waals surface area contributed by atoms with E-state index in [9.17, 15) is 17.6 Å². The minimum Gasteiger partial charge on any atom is -0.439 e. The van der Waals surface area contributed by atoms with Gasteiger partial charge in [-0.2, -0.15) is 13.2 Å². The molecule has 0 saturated heterocycles. The standard InChI is InChI=1S/C12H6ClF4NO/c13-9-5-8(2-3-10(9)14)19-11-4-1-7(6-18-11)12(15,16)17/h1-6H. The van der Waals surface area contributed by atoms with Crippen molar-refractivity contribution in [1.29, 1.82) is 0 Å². The first-order chi connectivity index (χ1) is 8.86. The van der Waals surface area contributed by atoms with Crippen LogP contribution in [0.4, 0.5) is 17.6 Å². The summed E-state index contributed by atoms with van der Waals surface area (Å²) in [4.78, 5) is 3.51. The largest absolute Gasteiger partial charge is 0.439 e. The molecule has 1 aromatic heterocycles. The lowest BCUT2D eigenvalue weighted by Crippen LogP contribution is -2.05. The number of hydrogen-bond donors (Lipinski definition) is 0. The number of rotatable bonds is 2. The second-order valence-electron chi connectivity index (χ2n) is 3.56. The van der Waals surface area contributed by atoms with Crippen molar-refractivity contribution < 1.29 is 22.3 Å². The molecule has 0 aliphatic rings. The highest BCUT2D eigenvalue weighted by Gasteiger charge is 2.30. The van der Waals surface area contributed by atoms with Crippen molar-refractivity contribution in [2.75, 3.05) is 0 Å². The Bertz CT molecular complexity index is 583. The number of aromatic nitrogens is 1. The van der Waals surface area contributed by atoms with Crippen LogP contribution in [0.1, 0.15) is 5.56 Å². The van der Waals surface area contributed by atoms with E-state index in [1.54, 1.807) is 0 Å². The van der Waals surface area contributed by atoms with E-state index in [2.05, 4.69) is 4.98 Å². The average Bonchev–Trinajstić information content (AvgIpc) is 2.33. The number of pyridine rings is 1. The van der Waals surface area contributed by atoms with Crippen LogP contribution >= 0.6 is 11.6 Å². The Kier molecular flexibility index (Phi) is 3.61. The maximum absolute atomic E-state index is 12.9. The van der Waals surface area contributed by atoms with Gasteiger partial charge in [-0.15, -0.1) is 0 Å². The zero-order chi connectivity index (χ0) is 14.0. The van der Waals surface area contributed by atoms with Crippen molar-refractivity contribution in [2.24, 2.45) is 0 Å². The Labute approximate surface area is 110 Å². The fourth-order valence-electron chi connectivity index (χ4n) is 1.27. The van der Waals surface area contributed by atoms with Gasteiger partial charge in [0.05, 0.1) is 10.6 Å². The van der Waals surface area contributed by atoms with Crippen LogP contribution in [0.5, 0.6) is 11.6 Å². The zero-order valence-electron chi connectivity index (χ0n) is 9.21. The average molecular weight is 292 g/mol. The molecule has 1 aromatic carbocycles. The quantitative estimate of drug-likeness (QED) is 0.749. The molecular weight excluding hydrogens is 286 g/mol. The van der Waals surface area contributed by atoms with Crippen LogP contribution in [0.15, 0.2) is 36.5 Å². The Morgan fingerprint density at radius 1 is 1.11 bits per heavy atom. The molecule has 0 atom stereocenters. The molecule has 0 spiro atoms. The summed E-state index contributed by atoms with van der Waals surface area (Å²) >= 11 is 5.54. The van der Waals surface area contributed by atoms with Gasteiger partial charge < -0.3 is 4.74 Å². The molecule has 0 fully saturated rings. The Balaban J connectivity index is 2.17. The van der Waals surface area contributed by atoms with Gasteiger partial charge in [-0.1, -0.05) is 11.6 Å². The van der Waals surface area contributed by atoms with E-state index in [4.69, 9.17) is 16.3 Å². The van der Waals surface area contributed by atoms with Gasteiger partial charge in [0.15, 0.2) is 0 Å². The van der Waals surface area contributed by atoms with Gasteiger partial charge in [-0.05, 0) is 18.2 Å². The third kappa shape index (κ3) is 3.35. The molecule has 2 nitrogen and oxygen atoms in total. The maximum Gasteiger partial charge on any atom is 0.417 e. The molecule has 2 aromatic rings. The van der Waals surface area contributed by atoms with Gasteiger partial charge in [-0.3, -0.25) is 0 Å². The predicted octanol–water partition coefficient (Wildman–Crippen LogP) is 4.69. The number of halogens is 5. The summed E-state index contributed by atoms with van der Waals surface area (Å²) in [6, 6.07) is 5.49. The molecule has 0 aliphatic heterocycles. The summed E-state index contributed by atoms with van der Waals surface area (Å²) < 4.78 is 55.0. The highest BCUT2D eigenvalue weighted by Crippen LogP contribution is 2.30. The monoisotopic (exact) mass is 291 g/mol. The van der Waals surface area contributed by atoms with E-state index in [1.807, 2.05) is 0 Å². The van der Waals surface area contributed by atoms with Crippen LogP contribution in [-0.2, 0) is 6.18 Å². The van der Waals surface area contributed by atoms with Crippen molar-refractivity contribution in [3.8, 4) is 11.6 Å². The van der Waals surface area contributed by atoms with Crippen molar-refractivity contribution in [3.63, 3.8) is 0 Å². The number of ether oxygens (including phenoxy) is 1. The summed E-state index contributed by atoms with van der Waals surface area (Å²) in [5.41, 5.74) is -0.878. The van der Waals surface area contributed by atoms with Crippen LogP contribution in [-0.4, -0.2) is 4.98 Å². The van der Waals surface area contributed by atoms with Gasteiger partial charge in [0, 0.05) is 18.3 Å². The summed E-state index contributed by atoms with van der Waals surface area (Å²) in [7, 11) is 0. The van der Waals surface area contributed by atoms with Gasteiger partial charge in [0.1, 0.15) is 11.6 Å². The predicted molar refractivity (Wildman–Crippen MR) is 60.7 cm³/mol. The van der Waals surface area contributed by atoms with Crippen molar-refractivity contribution in [2.45, 2.75) is 6.18 Å². The number of benzene rings is 1. The summed E-state index contributed by atoms with van der Waals surface area (Å²) in [5.74, 6) is -0.483. The first-order valence-corrected chi connectivity index (χ1v) is 5.40. The molecule has 0 amide bonds. The van der Waals surface area contributed by atoms with Gasteiger partial charge in [-0.25, -0.2) is 9.37 Å². The minimum absolute atomic E-state index is 0.0457. The van der Waals surface area contributed by atoms with E-state index in [1.165, 1.54) is 12.1 Å². The lowest BCUT2D eigenvalue weighted by atomic mass is 10.3. The highest BCUT2D eigenvalue weighted by molar-refractivity contribution is 6.30. The van der Waals surface area contributed by atoms with Crippen molar-refractivity contribution in [1.82, 2.24) is 4.98 Å². The Morgan fingerprint density at radius 2 is 1.84 bits per heavy atom. The Morgan fingerprint density at radius 3 is 2.37 bits per heavy atom. The SMILES string of the molecule is Fc1ccc(Oc2ccc(C(F)(F)F)cn2)cc1Cl. The highest BCUT2D eigenvalue weighted by atomic mass is 35.5. The van der Waals surface area contributed by atoms with E-state index >= 15 is 0 Å². The first kappa shape index (κ1) is 13.6. The van der Waals surface area contributed by atoms with E-state index in [-0.39, 0.29) is 16.7 Å². The Hall–Kier alpha value is -1.82. The molecule has 0 aliphatic carbocycles. The molecule has 1 heterocycles. The second-order valence-corrected chi connectivity index (χ2v) is 3.97. The topological polar surface area (TPSA) is 22.1 Å². The molecule has 0 bridgehead atoms. The normalized spacial score (nSPS) is 11.4. The molecule has 7 heteroatoms. The van der Waals surface area contributed by atoms with Crippen LogP contribution in [0.25, 0.3) is 0 Å². The van der Waals surface area contributed by atoms with Crippen molar-refractivity contribution >= 4 is 11.6 Å². The van der Waals surface area contributed by atoms with Gasteiger partial charge >= 0.3 is 6.18 Å². The minimum atomic E-state index is -4.45. The fourth-order valence-corrected chi connectivity index (χ4v) is 1.44. The molecular formula is C12H6ClF4NO. The molecule has 100 valence electrons. The summed E-state index contributed by atoms with van der Waals surface area (Å²) in [6.07, 6.45) is -3.80. The van der Waals surface area contributed by atoms with Crippen LogP contribution < -0.4 is 4.74 Å². The lowest BCUT2D eigenvalue weighted by Gasteiger charge is -2.08.